The van der Waals surface area contributed by atoms with E-state index in [-0.39, 0.29) is 6.61 Å². The Hall–Kier alpha value is -2.07. The summed E-state index contributed by atoms with van der Waals surface area (Å²) in [6.45, 7) is 2.27. The van der Waals surface area contributed by atoms with Crippen molar-refractivity contribution < 1.29 is 14.6 Å². The molecule has 0 aliphatic carbocycles. The molecule has 4 heteroatoms. The minimum absolute atomic E-state index is 0.0150. The number of rotatable bonds is 5. The molecule has 0 unspecified atom stereocenters. The lowest BCUT2D eigenvalue weighted by molar-refractivity contribution is 0.274. The highest BCUT2D eigenvalue weighted by Crippen LogP contribution is 2.16. The van der Waals surface area contributed by atoms with Gasteiger partial charge in [0.25, 0.3) is 0 Å². The fraction of sp³-hybridized carbons (Fsp3) is 0.267. The fourth-order valence-electron chi connectivity index (χ4n) is 1.79. The molecule has 1 heterocycles. The summed E-state index contributed by atoms with van der Waals surface area (Å²) >= 11 is 0. The molecule has 0 aliphatic rings. The first kappa shape index (κ1) is 13.4. The van der Waals surface area contributed by atoms with Crippen molar-refractivity contribution in [2.75, 3.05) is 7.11 Å². The average Bonchev–Trinajstić information content (AvgIpc) is 2.44. The third-order valence-corrected chi connectivity index (χ3v) is 2.69. The van der Waals surface area contributed by atoms with Crippen LogP contribution in [0.15, 0.2) is 36.4 Å². The first-order valence-electron chi connectivity index (χ1n) is 6.05. The van der Waals surface area contributed by atoms with Crippen LogP contribution in [0.25, 0.3) is 0 Å². The van der Waals surface area contributed by atoms with Crippen molar-refractivity contribution in [2.45, 2.75) is 20.1 Å². The topological polar surface area (TPSA) is 51.6 Å². The van der Waals surface area contributed by atoms with Gasteiger partial charge in [0.2, 0.25) is 5.88 Å². The lowest BCUT2D eigenvalue weighted by atomic mass is 10.2. The Kier molecular flexibility index (Phi) is 4.36. The maximum absolute atomic E-state index is 9.14. The standard InChI is InChI=1S/C15H17NO3/c1-11-6-13(9-17)8-15(16-11)19-10-12-4-3-5-14(7-12)18-2/h3-8,17H,9-10H2,1-2H3. The van der Waals surface area contributed by atoms with Gasteiger partial charge in [0.15, 0.2) is 0 Å². The Morgan fingerprint density at radius 3 is 2.74 bits per heavy atom. The smallest absolute Gasteiger partial charge is 0.214 e. The molecule has 0 atom stereocenters. The molecule has 2 aromatic rings. The average molecular weight is 259 g/mol. The molecule has 0 fully saturated rings. The summed E-state index contributed by atoms with van der Waals surface area (Å²) in [5.74, 6) is 1.32. The second-order valence-electron chi connectivity index (χ2n) is 4.25. The number of benzene rings is 1. The zero-order chi connectivity index (χ0) is 13.7. The van der Waals surface area contributed by atoms with Crippen molar-refractivity contribution in [1.82, 2.24) is 4.98 Å². The molecule has 0 bridgehead atoms. The third-order valence-electron chi connectivity index (χ3n) is 2.69. The Balaban J connectivity index is 2.07. The minimum atomic E-state index is -0.0150. The molecule has 100 valence electrons. The third kappa shape index (κ3) is 3.69. The summed E-state index contributed by atoms with van der Waals surface area (Å²) in [5.41, 5.74) is 2.63. The molecule has 0 amide bonds. The van der Waals surface area contributed by atoms with Gasteiger partial charge < -0.3 is 14.6 Å². The molecule has 0 radical (unpaired) electrons. The summed E-state index contributed by atoms with van der Waals surface area (Å²) in [6.07, 6.45) is 0. The number of nitrogens with zero attached hydrogens (tertiary/aromatic N) is 1. The van der Waals surface area contributed by atoms with Crippen molar-refractivity contribution in [2.24, 2.45) is 0 Å². The molecular formula is C15H17NO3. The maximum atomic E-state index is 9.14. The zero-order valence-corrected chi connectivity index (χ0v) is 11.1. The van der Waals surface area contributed by atoms with E-state index in [0.29, 0.717) is 12.5 Å². The zero-order valence-electron chi connectivity index (χ0n) is 11.1. The first-order valence-corrected chi connectivity index (χ1v) is 6.05. The number of aromatic nitrogens is 1. The number of aryl methyl sites for hydroxylation is 1. The number of aliphatic hydroxyl groups is 1. The summed E-state index contributed by atoms with van der Waals surface area (Å²) in [4.78, 5) is 4.27. The van der Waals surface area contributed by atoms with Gasteiger partial charge in [-0.15, -0.1) is 0 Å². The summed E-state index contributed by atoms with van der Waals surface area (Å²) in [6, 6.07) is 11.3. The number of pyridine rings is 1. The van der Waals surface area contributed by atoms with Crippen molar-refractivity contribution in [3.8, 4) is 11.6 Å². The van der Waals surface area contributed by atoms with E-state index in [1.54, 1.807) is 13.2 Å². The quantitative estimate of drug-likeness (QED) is 0.896. The number of aliphatic hydroxyl groups excluding tert-OH is 1. The predicted molar refractivity (Wildman–Crippen MR) is 72.2 cm³/mol. The molecule has 1 N–H and O–H groups in total. The van der Waals surface area contributed by atoms with Gasteiger partial charge in [-0.1, -0.05) is 12.1 Å². The predicted octanol–water partition coefficient (Wildman–Crippen LogP) is 2.47. The maximum Gasteiger partial charge on any atom is 0.214 e. The van der Waals surface area contributed by atoms with Gasteiger partial charge in [-0.2, -0.15) is 0 Å². The van der Waals surface area contributed by atoms with Crippen LogP contribution in [0.4, 0.5) is 0 Å². The van der Waals surface area contributed by atoms with Gasteiger partial charge in [0.05, 0.1) is 13.7 Å². The van der Waals surface area contributed by atoms with Crippen LogP contribution >= 0.6 is 0 Å². The van der Waals surface area contributed by atoms with E-state index in [2.05, 4.69) is 4.98 Å². The van der Waals surface area contributed by atoms with Crippen LogP contribution in [-0.4, -0.2) is 17.2 Å². The van der Waals surface area contributed by atoms with Crippen LogP contribution in [0.3, 0.4) is 0 Å². The lowest BCUT2D eigenvalue weighted by Gasteiger charge is -2.08. The van der Waals surface area contributed by atoms with Crippen LogP contribution in [0.2, 0.25) is 0 Å². The van der Waals surface area contributed by atoms with E-state index in [1.807, 2.05) is 37.3 Å². The Morgan fingerprint density at radius 1 is 1.16 bits per heavy atom. The van der Waals surface area contributed by atoms with Crippen molar-refractivity contribution in [3.05, 3.63) is 53.2 Å². The van der Waals surface area contributed by atoms with Crippen LogP contribution in [0.1, 0.15) is 16.8 Å². The number of hydrogen-bond acceptors (Lipinski definition) is 4. The van der Waals surface area contributed by atoms with E-state index in [0.717, 1.165) is 22.6 Å². The van der Waals surface area contributed by atoms with E-state index in [4.69, 9.17) is 14.6 Å². The van der Waals surface area contributed by atoms with E-state index < -0.39 is 0 Å². The van der Waals surface area contributed by atoms with Crippen LogP contribution < -0.4 is 9.47 Å². The SMILES string of the molecule is COc1cccc(COc2cc(CO)cc(C)n2)c1. The molecule has 0 saturated heterocycles. The van der Waals surface area contributed by atoms with Gasteiger partial charge in [-0.3, -0.25) is 0 Å². The second kappa shape index (κ2) is 6.20. The normalized spacial score (nSPS) is 10.3. The van der Waals surface area contributed by atoms with Crippen molar-refractivity contribution >= 4 is 0 Å². The highest BCUT2D eigenvalue weighted by molar-refractivity contribution is 5.29. The van der Waals surface area contributed by atoms with Gasteiger partial charge in [0, 0.05) is 11.8 Å². The molecule has 1 aromatic heterocycles. The summed E-state index contributed by atoms with van der Waals surface area (Å²) < 4.78 is 10.8. The molecular weight excluding hydrogens is 242 g/mol. The van der Waals surface area contributed by atoms with Gasteiger partial charge in [-0.25, -0.2) is 4.98 Å². The fourth-order valence-corrected chi connectivity index (χ4v) is 1.79. The molecule has 4 nitrogen and oxygen atoms in total. The van der Waals surface area contributed by atoms with E-state index in [9.17, 15) is 0 Å². The second-order valence-corrected chi connectivity index (χ2v) is 4.25. The highest BCUT2D eigenvalue weighted by atomic mass is 16.5. The van der Waals surface area contributed by atoms with Crippen molar-refractivity contribution in [1.29, 1.82) is 0 Å². The van der Waals surface area contributed by atoms with E-state index in [1.165, 1.54) is 0 Å². The monoisotopic (exact) mass is 259 g/mol. The molecule has 19 heavy (non-hydrogen) atoms. The molecule has 0 spiro atoms. The first-order chi connectivity index (χ1) is 9.21. The van der Waals surface area contributed by atoms with Crippen LogP contribution in [0, 0.1) is 6.92 Å². The van der Waals surface area contributed by atoms with Crippen LogP contribution in [-0.2, 0) is 13.2 Å². The largest absolute Gasteiger partial charge is 0.497 e. The molecule has 2 rings (SSSR count). The number of ether oxygens (including phenoxy) is 2. The number of methoxy groups -OCH3 is 1. The van der Waals surface area contributed by atoms with Crippen molar-refractivity contribution in [3.63, 3.8) is 0 Å². The Morgan fingerprint density at radius 2 is 2.00 bits per heavy atom. The Bertz CT molecular complexity index is 555. The molecule has 1 aromatic carbocycles. The number of hydrogen-bond donors (Lipinski definition) is 1. The van der Waals surface area contributed by atoms with E-state index >= 15 is 0 Å². The minimum Gasteiger partial charge on any atom is -0.497 e. The summed E-state index contributed by atoms with van der Waals surface area (Å²) in [5, 5.41) is 9.14. The van der Waals surface area contributed by atoms with Gasteiger partial charge in [-0.05, 0) is 36.2 Å². The van der Waals surface area contributed by atoms with Gasteiger partial charge in [0.1, 0.15) is 12.4 Å². The molecule has 0 saturated carbocycles. The molecule has 0 aliphatic heterocycles. The highest BCUT2D eigenvalue weighted by Gasteiger charge is 2.02. The van der Waals surface area contributed by atoms with Crippen LogP contribution in [0.5, 0.6) is 11.6 Å². The van der Waals surface area contributed by atoms with Gasteiger partial charge >= 0.3 is 0 Å². The lowest BCUT2D eigenvalue weighted by Crippen LogP contribution is -2.00. The Labute approximate surface area is 112 Å². The summed E-state index contributed by atoms with van der Waals surface area (Å²) in [7, 11) is 1.63.